The summed E-state index contributed by atoms with van der Waals surface area (Å²) in [5.74, 6) is 0. The van der Waals surface area contributed by atoms with Crippen LogP contribution in [0.25, 0.3) is 0 Å². The Balaban J connectivity index is 2.07. The third-order valence-corrected chi connectivity index (χ3v) is 4.79. The Bertz CT molecular complexity index is 539. The minimum atomic E-state index is -3.07. The van der Waals surface area contributed by atoms with Gasteiger partial charge in [-0.2, -0.15) is 4.31 Å². The fourth-order valence-corrected chi connectivity index (χ4v) is 3.21. The van der Waals surface area contributed by atoms with Gasteiger partial charge in [-0.05, 0) is 12.6 Å². The average Bonchev–Trinajstić information content (AvgIpc) is 2.45. The van der Waals surface area contributed by atoms with Crippen LogP contribution in [0.4, 0.5) is 5.69 Å². The molecule has 0 amide bonds. The molecule has 2 heterocycles. The van der Waals surface area contributed by atoms with Gasteiger partial charge in [-0.15, -0.1) is 0 Å². The summed E-state index contributed by atoms with van der Waals surface area (Å²) >= 11 is 0. The third-order valence-electron chi connectivity index (χ3n) is 3.49. The summed E-state index contributed by atoms with van der Waals surface area (Å²) in [4.78, 5) is 6.41. The fraction of sp³-hybridized carbons (Fsp3) is 0.615. The summed E-state index contributed by atoms with van der Waals surface area (Å²) in [5, 5.41) is 3.30. The van der Waals surface area contributed by atoms with E-state index in [0.29, 0.717) is 13.1 Å². The highest BCUT2D eigenvalue weighted by Gasteiger charge is 2.24. The van der Waals surface area contributed by atoms with Gasteiger partial charge in [0.25, 0.3) is 0 Å². The van der Waals surface area contributed by atoms with Gasteiger partial charge in [0, 0.05) is 56.4 Å². The van der Waals surface area contributed by atoms with Crippen molar-refractivity contribution in [1.82, 2.24) is 14.6 Å². The second-order valence-electron chi connectivity index (χ2n) is 4.93. The molecule has 1 aromatic rings. The zero-order chi connectivity index (χ0) is 14.6. The molecular formula is C13H22N4O2S. The maximum Gasteiger partial charge on any atom is 0.211 e. The number of piperazine rings is 1. The normalized spacial score (nSPS) is 17.4. The van der Waals surface area contributed by atoms with Crippen LogP contribution < -0.4 is 10.2 Å². The fourth-order valence-electron chi connectivity index (χ4n) is 2.38. The minimum Gasteiger partial charge on any atom is -0.369 e. The first-order chi connectivity index (χ1) is 9.52. The SMILES string of the molecule is CCNCc1cnccc1N1CCN(S(C)(=O)=O)CC1. The Hall–Kier alpha value is -1.18. The van der Waals surface area contributed by atoms with Gasteiger partial charge in [-0.25, -0.2) is 8.42 Å². The van der Waals surface area contributed by atoms with Crippen LogP contribution >= 0.6 is 0 Å². The van der Waals surface area contributed by atoms with E-state index in [-0.39, 0.29) is 0 Å². The molecular weight excluding hydrogens is 276 g/mol. The zero-order valence-corrected chi connectivity index (χ0v) is 12.9. The molecule has 2 rings (SSSR count). The molecule has 1 aliphatic heterocycles. The minimum absolute atomic E-state index is 0.543. The molecule has 1 aromatic heterocycles. The number of sulfonamides is 1. The molecule has 0 atom stereocenters. The lowest BCUT2D eigenvalue weighted by molar-refractivity contribution is 0.387. The number of aromatic nitrogens is 1. The predicted molar refractivity (Wildman–Crippen MR) is 80.2 cm³/mol. The molecule has 1 fully saturated rings. The van der Waals surface area contributed by atoms with Crippen LogP contribution in [0.15, 0.2) is 18.5 Å². The Morgan fingerprint density at radius 1 is 1.30 bits per heavy atom. The van der Waals surface area contributed by atoms with Crippen molar-refractivity contribution in [2.24, 2.45) is 0 Å². The highest BCUT2D eigenvalue weighted by molar-refractivity contribution is 7.88. The van der Waals surface area contributed by atoms with E-state index in [9.17, 15) is 8.42 Å². The number of hydrogen-bond acceptors (Lipinski definition) is 5. The topological polar surface area (TPSA) is 65.5 Å². The van der Waals surface area contributed by atoms with Gasteiger partial charge in [0.15, 0.2) is 0 Å². The maximum absolute atomic E-state index is 11.5. The lowest BCUT2D eigenvalue weighted by atomic mass is 10.2. The van der Waals surface area contributed by atoms with Crippen LogP contribution in [0.2, 0.25) is 0 Å². The molecule has 1 aliphatic rings. The molecule has 0 aromatic carbocycles. The van der Waals surface area contributed by atoms with Crippen molar-refractivity contribution in [3.05, 3.63) is 24.0 Å². The molecule has 7 heteroatoms. The highest BCUT2D eigenvalue weighted by atomic mass is 32.2. The van der Waals surface area contributed by atoms with Crippen LogP contribution in [0.1, 0.15) is 12.5 Å². The van der Waals surface area contributed by atoms with E-state index in [1.165, 1.54) is 10.6 Å². The maximum atomic E-state index is 11.5. The van der Waals surface area contributed by atoms with E-state index in [0.717, 1.165) is 37.4 Å². The molecule has 1 N–H and O–H groups in total. The summed E-state index contributed by atoms with van der Waals surface area (Å²) in [6, 6.07) is 2.00. The number of hydrogen-bond donors (Lipinski definition) is 1. The Labute approximate surface area is 120 Å². The van der Waals surface area contributed by atoms with Crippen molar-refractivity contribution in [2.45, 2.75) is 13.5 Å². The zero-order valence-electron chi connectivity index (χ0n) is 12.0. The van der Waals surface area contributed by atoms with E-state index in [1.54, 1.807) is 6.20 Å². The summed E-state index contributed by atoms with van der Waals surface area (Å²) in [5.41, 5.74) is 2.30. The number of anilines is 1. The second-order valence-corrected chi connectivity index (χ2v) is 6.92. The monoisotopic (exact) mass is 298 g/mol. The first-order valence-corrected chi connectivity index (χ1v) is 8.71. The highest BCUT2D eigenvalue weighted by Crippen LogP contribution is 2.21. The van der Waals surface area contributed by atoms with Crippen molar-refractivity contribution in [1.29, 1.82) is 0 Å². The summed E-state index contributed by atoms with van der Waals surface area (Å²) in [7, 11) is -3.07. The van der Waals surface area contributed by atoms with Gasteiger partial charge in [-0.3, -0.25) is 4.98 Å². The van der Waals surface area contributed by atoms with Crippen LogP contribution in [-0.2, 0) is 16.6 Å². The Morgan fingerprint density at radius 3 is 2.60 bits per heavy atom. The lowest BCUT2D eigenvalue weighted by Gasteiger charge is -2.35. The van der Waals surface area contributed by atoms with Gasteiger partial charge in [0.1, 0.15) is 0 Å². The molecule has 0 spiro atoms. The molecule has 0 radical (unpaired) electrons. The third kappa shape index (κ3) is 3.68. The van der Waals surface area contributed by atoms with E-state index in [2.05, 4.69) is 22.1 Å². The van der Waals surface area contributed by atoms with E-state index in [1.807, 2.05) is 12.3 Å². The van der Waals surface area contributed by atoms with Crippen molar-refractivity contribution in [3.63, 3.8) is 0 Å². The summed E-state index contributed by atoms with van der Waals surface area (Å²) in [6.07, 6.45) is 4.93. The standard InChI is InChI=1S/C13H22N4O2S/c1-3-14-10-12-11-15-5-4-13(12)16-6-8-17(9-7-16)20(2,18)19/h4-5,11,14H,3,6-10H2,1-2H3. The van der Waals surface area contributed by atoms with Gasteiger partial charge < -0.3 is 10.2 Å². The molecule has 6 nitrogen and oxygen atoms in total. The predicted octanol–water partition coefficient (Wildman–Crippen LogP) is 0.273. The van der Waals surface area contributed by atoms with Crippen LogP contribution in [0.3, 0.4) is 0 Å². The number of nitrogens with one attached hydrogen (secondary N) is 1. The van der Waals surface area contributed by atoms with Crippen LogP contribution in [0.5, 0.6) is 0 Å². The molecule has 0 unspecified atom stereocenters. The molecule has 1 saturated heterocycles. The number of rotatable bonds is 5. The van der Waals surface area contributed by atoms with E-state index in [4.69, 9.17) is 0 Å². The second kappa shape index (κ2) is 6.51. The number of nitrogens with zero attached hydrogens (tertiary/aromatic N) is 3. The van der Waals surface area contributed by atoms with Crippen molar-refractivity contribution in [3.8, 4) is 0 Å². The quantitative estimate of drug-likeness (QED) is 0.845. The molecule has 0 saturated carbocycles. The van der Waals surface area contributed by atoms with Crippen molar-refractivity contribution >= 4 is 15.7 Å². The van der Waals surface area contributed by atoms with E-state index < -0.39 is 10.0 Å². The molecule has 20 heavy (non-hydrogen) atoms. The van der Waals surface area contributed by atoms with Crippen molar-refractivity contribution < 1.29 is 8.42 Å². The van der Waals surface area contributed by atoms with Gasteiger partial charge >= 0.3 is 0 Å². The van der Waals surface area contributed by atoms with Gasteiger partial charge in [0.05, 0.1) is 6.26 Å². The van der Waals surface area contributed by atoms with E-state index >= 15 is 0 Å². The molecule has 0 aliphatic carbocycles. The first kappa shape index (κ1) is 15.2. The van der Waals surface area contributed by atoms with Crippen LogP contribution in [-0.4, -0.2) is 56.7 Å². The Kier molecular flexibility index (Phi) is 4.95. The van der Waals surface area contributed by atoms with Crippen molar-refractivity contribution in [2.75, 3.05) is 43.9 Å². The Morgan fingerprint density at radius 2 is 2.00 bits per heavy atom. The summed E-state index contributed by atoms with van der Waals surface area (Å²) < 4.78 is 24.6. The molecule has 0 bridgehead atoms. The van der Waals surface area contributed by atoms with Gasteiger partial charge in [-0.1, -0.05) is 6.92 Å². The number of pyridine rings is 1. The van der Waals surface area contributed by atoms with Crippen LogP contribution in [0, 0.1) is 0 Å². The largest absolute Gasteiger partial charge is 0.369 e. The summed E-state index contributed by atoms with van der Waals surface area (Å²) in [6.45, 7) is 6.29. The first-order valence-electron chi connectivity index (χ1n) is 6.86. The molecule has 112 valence electrons. The van der Waals surface area contributed by atoms with Gasteiger partial charge in [0.2, 0.25) is 10.0 Å². The average molecular weight is 298 g/mol. The smallest absolute Gasteiger partial charge is 0.211 e. The lowest BCUT2D eigenvalue weighted by Crippen LogP contribution is -2.48.